The molecule has 7 nitrogen and oxygen atoms in total. The molecule has 0 aliphatic heterocycles. The van der Waals surface area contributed by atoms with Gasteiger partial charge in [-0.1, -0.05) is 31.1 Å². The molecule has 1 heterocycles. The van der Waals surface area contributed by atoms with Gasteiger partial charge in [0.05, 0.1) is 7.11 Å². The van der Waals surface area contributed by atoms with Crippen molar-refractivity contribution in [1.82, 2.24) is 15.5 Å². The molecular formula is C18H25N3O4. The standard InChI is InChI=1S/C18H25N3O4/c1-11(2)16-20-15(21-25-16)14(19-17(22)24-18(3,4)5)12-7-9-13(23-6)10-8-12/h7-11,14H,1-6H3,(H,19,22). The summed E-state index contributed by atoms with van der Waals surface area (Å²) in [4.78, 5) is 16.6. The number of rotatable bonds is 5. The summed E-state index contributed by atoms with van der Waals surface area (Å²) in [5.74, 6) is 1.70. The van der Waals surface area contributed by atoms with E-state index >= 15 is 0 Å². The van der Waals surface area contributed by atoms with E-state index in [0.717, 1.165) is 11.3 Å². The summed E-state index contributed by atoms with van der Waals surface area (Å²) in [5.41, 5.74) is 0.192. The molecule has 1 aromatic carbocycles. The highest BCUT2D eigenvalue weighted by atomic mass is 16.6. The van der Waals surface area contributed by atoms with E-state index in [9.17, 15) is 4.79 Å². The first kappa shape index (κ1) is 18.8. The molecule has 0 spiro atoms. The molecule has 0 aliphatic rings. The second-order valence-corrected chi connectivity index (χ2v) is 7.00. The monoisotopic (exact) mass is 347 g/mol. The third-order valence-electron chi connectivity index (χ3n) is 3.32. The predicted molar refractivity (Wildman–Crippen MR) is 92.6 cm³/mol. The first-order valence-corrected chi connectivity index (χ1v) is 8.16. The Morgan fingerprint density at radius 1 is 1.20 bits per heavy atom. The predicted octanol–water partition coefficient (Wildman–Crippen LogP) is 3.82. The van der Waals surface area contributed by atoms with E-state index in [0.29, 0.717) is 11.7 Å². The van der Waals surface area contributed by atoms with Crippen LogP contribution in [0.15, 0.2) is 28.8 Å². The van der Waals surface area contributed by atoms with Crippen LogP contribution >= 0.6 is 0 Å². The number of carbonyl (C=O) groups is 1. The minimum atomic E-state index is -0.602. The van der Waals surface area contributed by atoms with Gasteiger partial charge in [-0.25, -0.2) is 4.79 Å². The van der Waals surface area contributed by atoms with Gasteiger partial charge in [0, 0.05) is 5.92 Å². The van der Waals surface area contributed by atoms with Crippen LogP contribution in [0.5, 0.6) is 5.75 Å². The van der Waals surface area contributed by atoms with Gasteiger partial charge in [0.2, 0.25) is 5.89 Å². The van der Waals surface area contributed by atoms with Crippen LogP contribution < -0.4 is 10.1 Å². The lowest BCUT2D eigenvalue weighted by Crippen LogP contribution is -2.35. The number of methoxy groups -OCH3 is 1. The Morgan fingerprint density at radius 2 is 1.84 bits per heavy atom. The number of nitrogens with one attached hydrogen (secondary N) is 1. The summed E-state index contributed by atoms with van der Waals surface area (Å²) < 4.78 is 15.8. The van der Waals surface area contributed by atoms with Crippen LogP contribution in [-0.2, 0) is 4.74 Å². The maximum atomic E-state index is 12.2. The van der Waals surface area contributed by atoms with E-state index in [1.54, 1.807) is 27.9 Å². The van der Waals surface area contributed by atoms with Crippen molar-refractivity contribution < 1.29 is 18.8 Å². The van der Waals surface area contributed by atoms with E-state index in [4.69, 9.17) is 14.0 Å². The maximum Gasteiger partial charge on any atom is 0.408 e. The lowest BCUT2D eigenvalue weighted by atomic mass is 10.1. The van der Waals surface area contributed by atoms with Crippen LogP contribution in [0.3, 0.4) is 0 Å². The van der Waals surface area contributed by atoms with Crippen LogP contribution in [0.4, 0.5) is 4.79 Å². The average molecular weight is 347 g/mol. The molecule has 2 aromatic rings. The van der Waals surface area contributed by atoms with Gasteiger partial charge in [-0.2, -0.15) is 4.98 Å². The summed E-state index contributed by atoms with van der Waals surface area (Å²) in [6.45, 7) is 9.34. The molecule has 1 atom stereocenters. The summed E-state index contributed by atoms with van der Waals surface area (Å²) in [6, 6.07) is 6.71. The fourth-order valence-electron chi connectivity index (χ4n) is 2.12. The topological polar surface area (TPSA) is 86.5 Å². The first-order chi connectivity index (χ1) is 11.7. The van der Waals surface area contributed by atoms with Gasteiger partial charge in [0.25, 0.3) is 0 Å². The zero-order valence-corrected chi connectivity index (χ0v) is 15.5. The second-order valence-electron chi connectivity index (χ2n) is 7.00. The van der Waals surface area contributed by atoms with Crippen LogP contribution in [0.2, 0.25) is 0 Å². The summed E-state index contributed by atoms with van der Waals surface area (Å²) in [7, 11) is 1.60. The van der Waals surface area contributed by atoms with Gasteiger partial charge >= 0.3 is 6.09 Å². The number of nitrogens with zero attached hydrogens (tertiary/aromatic N) is 2. The van der Waals surface area contributed by atoms with Crippen molar-refractivity contribution in [3.8, 4) is 5.75 Å². The Hall–Kier alpha value is -2.57. The first-order valence-electron chi connectivity index (χ1n) is 8.16. The van der Waals surface area contributed by atoms with Crippen molar-refractivity contribution in [2.75, 3.05) is 7.11 Å². The minimum absolute atomic E-state index is 0.0966. The van der Waals surface area contributed by atoms with E-state index in [2.05, 4.69) is 15.5 Å². The van der Waals surface area contributed by atoms with E-state index in [1.807, 2.05) is 38.1 Å². The molecule has 0 saturated carbocycles. The fourth-order valence-corrected chi connectivity index (χ4v) is 2.12. The lowest BCUT2D eigenvalue weighted by Gasteiger charge is -2.22. The zero-order chi connectivity index (χ0) is 18.6. The van der Waals surface area contributed by atoms with Crippen LogP contribution in [-0.4, -0.2) is 28.9 Å². The average Bonchev–Trinajstić information content (AvgIpc) is 3.01. The summed E-state index contributed by atoms with van der Waals surface area (Å²) in [5, 5.41) is 6.83. The van der Waals surface area contributed by atoms with Crippen molar-refractivity contribution in [2.45, 2.75) is 52.2 Å². The highest BCUT2D eigenvalue weighted by Crippen LogP contribution is 2.24. The van der Waals surface area contributed by atoms with Gasteiger partial charge in [-0.3, -0.25) is 0 Å². The molecule has 0 radical (unpaired) electrons. The van der Waals surface area contributed by atoms with E-state index in [1.165, 1.54) is 0 Å². The Labute approximate surface area is 147 Å². The zero-order valence-electron chi connectivity index (χ0n) is 15.5. The molecular weight excluding hydrogens is 322 g/mol. The number of aromatic nitrogens is 2. The Bertz CT molecular complexity index is 702. The van der Waals surface area contributed by atoms with Crippen LogP contribution in [0, 0.1) is 0 Å². The number of ether oxygens (including phenoxy) is 2. The molecule has 136 valence electrons. The largest absolute Gasteiger partial charge is 0.497 e. The lowest BCUT2D eigenvalue weighted by molar-refractivity contribution is 0.0510. The van der Waals surface area contributed by atoms with Crippen molar-refractivity contribution in [2.24, 2.45) is 0 Å². The van der Waals surface area contributed by atoms with Gasteiger partial charge in [-0.05, 0) is 38.5 Å². The molecule has 7 heteroatoms. The smallest absolute Gasteiger partial charge is 0.408 e. The second kappa shape index (κ2) is 7.55. The van der Waals surface area contributed by atoms with Gasteiger partial charge in [0.15, 0.2) is 5.82 Å². The van der Waals surface area contributed by atoms with Crippen LogP contribution in [0.1, 0.15) is 63.9 Å². The molecule has 25 heavy (non-hydrogen) atoms. The molecule has 2 rings (SSSR count). The normalized spacial score (nSPS) is 12.8. The molecule has 0 bridgehead atoms. The Kier molecular flexibility index (Phi) is 5.66. The molecule has 0 fully saturated rings. The number of alkyl carbamates (subject to hydrolysis) is 1. The van der Waals surface area contributed by atoms with Crippen molar-refractivity contribution in [3.05, 3.63) is 41.5 Å². The van der Waals surface area contributed by atoms with Crippen molar-refractivity contribution in [1.29, 1.82) is 0 Å². The van der Waals surface area contributed by atoms with Crippen LogP contribution in [0.25, 0.3) is 0 Å². The van der Waals surface area contributed by atoms with E-state index < -0.39 is 17.7 Å². The van der Waals surface area contributed by atoms with Gasteiger partial charge in [-0.15, -0.1) is 0 Å². The number of carbonyl (C=O) groups excluding carboxylic acids is 1. The third-order valence-corrected chi connectivity index (χ3v) is 3.32. The van der Waals surface area contributed by atoms with Gasteiger partial charge < -0.3 is 19.3 Å². The Morgan fingerprint density at radius 3 is 2.32 bits per heavy atom. The molecule has 1 aromatic heterocycles. The molecule has 0 aliphatic carbocycles. The third kappa shape index (κ3) is 5.20. The van der Waals surface area contributed by atoms with Crippen molar-refractivity contribution >= 4 is 6.09 Å². The Balaban J connectivity index is 2.30. The molecule has 0 saturated heterocycles. The van der Waals surface area contributed by atoms with Crippen molar-refractivity contribution in [3.63, 3.8) is 0 Å². The number of benzene rings is 1. The maximum absolute atomic E-state index is 12.2. The summed E-state index contributed by atoms with van der Waals surface area (Å²) >= 11 is 0. The SMILES string of the molecule is COc1ccc(C(NC(=O)OC(C)(C)C)c2noc(C(C)C)n2)cc1. The molecule has 1 unspecified atom stereocenters. The minimum Gasteiger partial charge on any atom is -0.497 e. The number of amides is 1. The van der Waals surface area contributed by atoms with Gasteiger partial charge in [0.1, 0.15) is 17.4 Å². The summed E-state index contributed by atoms with van der Waals surface area (Å²) in [6.07, 6.45) is -0.552. The molecule has 1 N–H and O–H groups in total. The highest BCUT2D eigenvalue weighted by molar-refractivity contribution is 5.69. The fraction of sp³-hybridized carbons (Fsp3) is 0.500. The highest BCUT2D eigenvalue weighted by Gasteiger charge is 2.26. The van der Waals surface area contributed by atoms with E-state index in [-0.39, 0.29) is 5.92 Å². The number of hydrogen-bond donors (Lipinski definition) is 1. The quantitative estimate of drug-likeness (QED) is 0.885. The number of hydrogen-bond acceptors (Lipinski definition) is 6. The molecule has 1 amide bonds.